The first-order chi connectivity index (χ1) is 6.93. The topological polar surface area (TPSA) is 84.5 Å². The zero-order chi connectivity index (χ0) is 11.9. The highest BCUT2D eigenvalue weighted by Gasteiger charge is 2.19. The molecule has 7 heteroatoms. The summed E-state index contributed by atoms with van der Waals surface area (Å²) in [6.45, 7) is 5.26. The Morgan fingerprint density at radius 2 is 2.00 bits per heavy atom. The fourth-order valence-corrected chi connectivity index (χ4v) is 2.18. The smallest absolute Gasteiger partial charge is 0.261 e. The van der Waals surface area contributed by atoms with Gasteiger partial charge in [-0.1, -0.05) is 6.92 Å². The standard InChI is InChI=1S/C8H18N2O4S/c1-4-6-15(12,13)10-7(3)8(11)9-14-5-2/h7,10H,4-6H2,1-3H3,(H,9,11). The van der Waals surface area contributed by atoms with Gasteiger partial charge in [-0.05, 0) is 20.3 Å². The summed E-state index contributed by atoms with van der Waals surface area (Å²) in [7, 11) is -3.37. The third kappa shape index (κ3) is 6.43. The third-order valence-corrected chi connectivity index (χ3v) is 3.20. The Hall–Kier alpha value is -0.660. The van der Waals surface area contributed by atoms with E-state index >= 15 is 0 Å². The molecule has 0 aliphatic heterocycles. The average Bonchev–Trinajstić information content (AvgIpc) is 2.13. The van der Waals surface area contributed by atoms with Crippen LogP contribution in [0.2, 0.25) is 0 Å². The zero-order valence-electron chi connectivity index (χ0n) is 9.24. The maximum absolute atomic E-state index is 11.3. The van der Waals surface area contributed by atoms with Gasteiger partial charge in [-0.25, -0.2) is 18.6 Å². The van der Waals surface area contributed by atoms with Crippen molar-refractivity contribution in [2.75, 3.05) is 12.4 Å². The number of carbonyl (C=O) groups is 1. The van der Waals surface area contributed by atoms with Crippen LogP contribution in [0.4, 0.5) is 0 Å². The number of carbonyl (C=O) groups excluding carboxylic acids is 1. The number of hydrogen-bond acceptors (Lipinski definition) is 4. The van der Waals surface area contributed by atoms with Crippen LogP contribution in [-0.2, 0) is 19.7 Å². The summed E-state index contributed by atoms with van der Waals surface area (Å²) in [6.07, 6.45) is 0.509. The lowest BCUT2D eigenvalue weighted by molar-refractivity contribution is -0.134. The van der Waals surface area contributed by atoms with Gasteiger partial charge in [0.05, 0.1) is 18.4 Å². The monoisotopic (exact) mass is 238 g/mol. The Morgan fingerprint density at radius 3 is 2.47 bits per heavy atom. The molecule has 15 heavy (non-hydrogen) atoms. The van der Waals surface area contributed by atoms with Crippen LogP contribution in [0, 0.1) is 0 Å². The Labute approximate surface area is 90.4 Å². The largest absolute Gasteiger partial charge is 0.274 e. The van der Waals surface area contributed by atoms with Crippen LogP contribution < -0.4 is 10.2 Å². The molecule has 0 aromatic carbocycles. The van der Waals surface area contributed by atoms with E-state index in [1.165, 1.54) is 6.92 Å². The molecule has 0 aliphatic carbocycles. The second-order valence-corrected chi connectivity index (χ2v) is 4.93. The molecule has 0 saturated heterocycles. The van der Waals surface area contributed by atoms with Gasteiger partial charge in [0.25, 0.3) is 5.91 Å². The van der Waals surface area contributed by atoms with E-state index in [-0.39, 0.29) is 5.75 Å². The normalized spacial score (nSPS) is 13.5. The van der Waals surface area contributed by atoms with E-state index in [0.29, 0.717) is 13.0 Å². The van der Waals surface area contributed by atoms with Crippen LogP contribution in [0.25, 0.3) is 0 Å². The average molecular weight is 238 g/mol. The molecule has 0 saturated carbocycles. The lowest BCUT2D eigenvalue weighted by Crippen LogP contribution is -2.45. The summed E-state index contributed by atoms with van der Waals surface area (Å²) in [5, 5.41) is 0. The van der Waals surface area contributed by atoms with Gasteiger partial charge in [0.2, 0.25) is 10.0 Å². The molecule has 0 aromatic rings. The summed E-state index contributed by atoms with van der Waals surface area (Å²) in [5.74, 6) is -0.490. The van der Waals surface area contributed by atoms with Crippen LogP contribution in [0.1, 0.15) is 27.2 Å². The van der Waals surface area contributed by atoms with Gasteiger partial charge in [0.1, 0.15) is 0 Å². The van der Waals surface area contributed by atoms with Gasteiger partial charge in [-0.2, -0.15) is 0 Å². The van der Waals surface area contributed by atoms with Gasteiger partial charge < -0.3 is 0 Å². The molecule has 0 fully saturated rings. The molecule has 0 radical (unpaired) electrons. The number of rotatable bonds is 7. The first-order valence-electron chi connectivity index (χ1n) is 4.84. The van der Waals surface area contributed by atoms with Gasteiger partial charge in [-0.3, -0.25) is 9.63 Å². The second kappa shape index (κ2) is 6.76. The van der Waals surface area contributed by atoms with Gasteiger partial charge in [0.15, 0.2) is 0 Å². The highest BCUT2D eigenvalue weighted by atomic mass is 32.2. The lowest BCUT2D eigenvalue weighted by atomic mass is 10.4. The minimum atomic E-state index is -3.37. The van der Waals surface area contributed by atoms with Crippen LogP contribution >= 0.6 is 0 Å². The van der Waals surface area contributed by atoms with Gasteiger partial charge >= 0.3 is 0 Å². The molecule has 0 heterocycles. The summed E-state index contributed by atoms with van der Waals surface area (Å²) < 4.78 is 24.8. The molecule has 0 bridgehead atoms. The fourth-order valence-electron chi connectivity index (χ4n) is 0.882. The minimum Gasteiger partial charge on any atom is -0.274 e. The van der Waals surface area contributed by atoms with Crippen molar-refractivity contribution >= 4 is 15.9 Å². The first kappa shape index (κ1) is 14.3. The van der Waals surface area contributed by atoms with E-state index in [4.69, 9.17) is 0 Å². The molecule has 0 rings (SSSR count). The van der Waals surface area contributed by atoms with E-state index < -0.39 is 22.0 Å². The predicted octanol–water partition coefficient (Wildman–Crippen LogP) is -0.228. The summed E-state index contributed by atoms with van der Waals surface area (Å²) in [5.41, 5.74) is 2.13. The summed E-state index contributed by atoms with van der Waals surface area (Å²) >= 11 is 0. The van der Waals surface area contributed by atoms with Crippen molar-refractivity contribution in [3.05, 3.63) is 0 Å². The highest BCUT2D eigenvalue weighted by molar-refractivity contribution is 7.89. The molecule has 0 aliphatic rings. The molecule has 0 aromatic heterocycles. The summed E-state index contributed by atoms with van der Waals surface area (Å²) in [6, 6.07) is -0.826. The number of hydroxylamine groups is 1. The van der Waals surface area contributed by atoms with E-state index in [1.54, 1.807) is 13.8 Å². The highest BCUT2D eigenvalue weighted by Crippen LogP contribution is 1.92. The maximum Gasteiger partial charge on any atom is 0.261 e. The summed E-state index contributed by atoms with van der Waals surface area (Å²) in [4.78, 5) is 15.9. The maximum atomic E-state index is 11.3. The molecular weight excluding hydrogens is 220 g/mol. The molecule has 2 N–H and O–H groups in total. The van der Waals surface area contributed by atoms with Crippen molar-refractivity contribution < 1.29 is 18.0 Å². The Kier molecular flexibility index (Phi) is 6.46. The first-order valence-corrected chi connectivity index (χ1v) is 6.49. The van der Waals surface area contributed by atoms with E-state index in [0.717, 1.165) is 0 Å². The van der Waals surface area contributed by atoms with Crippen molar-refractivity contribution in [3.8, 4) is 0 Å². The van der Waals surface area contributed by atoms with Crippen LogP contribution in [0.3, 0.4) is 0 Å². The van der Waals surface area contributed by atoms with Crippen molar-refractivity contribution in [1.82, 2.24) is 10.2 Å². The quantitative estimate of drug-likeness (QED) is 0.600. The van der Waals surface area contributed by atoms with Crippen molar-refractivity contribution in [2.24, 2.45) is 0 Å². The third-order valence-electron chi connectivity index (χ3n) is 1.54. The van der Waals surface area contributed by atoms with Crippen molar-refractivity contribution in [2.45, 2.75) is 33.2 Å². The Bertz CT molecular complexity index is 289. The lowest BCUT2D eigenvalue weighted by Gasteiger charge is -2.13. The molecule has 1 amide bonds. The molecule has 6 nitrogen and oxygen atoms in total. The van der Waals surface area contributed by atoms with Crippen LogP contribution in [0.5, 0.6) is 0 Å². The number of amides is 1. The predicted molar refractivity (Wildman–Crippen MR) is 56.4 cm³/mol. The Balaban J connectivity index is 4.12. The van der Waals surface area contributed by atoms with E-state index in [2.05, 4.69) is 15.0 Å². The second-order valence-electron chi connectivity index (χ2n) is 3.06. The van der Waals surface area contributed by atoms with Gasteiger partial charge in [0, 0.05) is 0 Å². The number of nitrogens with one attached hydrogen (secondary N) is 2. The minimum absolute atomic E-state index is 0.0131. The van der Waals surface area contributed by atoms with Crippen LogP contribution in [-0.4, -0.2) is 32.7 Å². The molecule has 1 unspecified atom stereocenters. The Morgan fingerprint density at radius 1 is 1.40 bits per heavy atom. The van der Waals surface area contributed by atoms with E-state index in [1.807, 2.05) is 0 Å². The van der Waals surface area contributed by atoms with E-state index in [9.17, 15) is 13.2 Å². The van der Waals surface area contributed by atoms with Crippen LogP contribution in [0.15, 0.2) is 0 Å². The molecule has 1 atom stereocenters. The van der Waals surface area contributed by atoms with Crippen molar-refractivity contribution in [1.29, 1.82) is 0 Å². The fraction of sp³-hybridized carbons (Fsp3) is 0.875. The van der Waals surface area contributed by atoms with Gasteiger partial charge in [-0.15, -0.1) is 0 Å². The molecule has 90 valence electrons. The molecular formula is C8H18N2O4S. The zero-order valence-corrected chi connectivity index (χ0v) is 10.1. The number of sulfonamides is 1. The SMILES string of the molecule is CCCS(=O)(=O)NC(C)C(=O)NOCC. The number of hydrogen-bond donors (Lipinski definition) is 2. The molecule has 0 spiro atoms. The van der Waals surface area contributed by atoms with Crippen molar-refractivity contribution in [3.63, 3.8) is 0 Å².